The van der Waals surface area contributed by atoms with Gasteiger partial charge in [0.1, 0.15) is 12.1 Å². The lowest BCUT2D eigenvalue weighted by Gasteiger charge is -2.10. The Morgan fingerprint density at radius 3 is 2.54 bits per heavy atom. The van der Waals surface area contributed by atoms with Crippen molar-refractivity contribution in [2.75, 3.05) is 6.54 Å². The van der Waals surface area contributed by atoms with Gasteiger partial charge in [-0.3, -0.25) is 9.59 Å². The third-order valence-corrected chi connectivity index (χ3v) is 4.05. The van der Waals surface area contributed by atoms with Crippen molar-refractivity contribution in [3.63, 3.8) is 0 Å². The fourth-order valence-corrected chi connectivity index (χ4v) is 2.81. The van der Waals surface area contributed by atoms with Gasteiger partial charge in [-0.15, -0.1) is 0 Å². The van der Waals surface area contributed by atoms with E-state index in [2.05, 4.69) is 9.73 Å². The Hall–Kier alpha value is -3.32. The van der Waals surface area contributed by atoms with E-state index in [1.165, 1.54) is 12.1 Å². The lowest BCUT2D eigenvalue weighted by Crippen LogP contribution is -2.29. The van der Waals surface area contributed by atoms with Crippen molar-refractivity contribution >= 4 is 34.2 Å². The average Bonchev–Trinajstić information content (AvgIpc) is 2.60. The highest BCUT2D eigenvalue weighted by atomic mass is 35.5. The predicted molar refractivity (Wildman–Crippen MR) is 94.6 cm³/mol. The van der Waals surface area contributed by atoms with Gasteiger partial charge in [0.2, 0.25) is 0 Å². The average molecular weight is 374 g/mol. The van der Waals surface area contributed by atoms with Crippen LogP contribution in [0.15, 0.2) is 51.7 Å². The summed E-state index contributed by atoms with van der Waals surface area (Å²) in [6, 6.07) is 11.6. The highest BCUT2D eigenvalue weighted by Crippen LogP contribution is 2.32. The van der Waals surface area contributed by atoms with Crippen LogP contribution in [0.5, 0.6) is 5.95 Å². The fourth-order valence-electron chi connectivity index (χ4n) is 2.56. The molecule has 26 heavy (non-hydrogen) atoms. The van der Waals surface area contributed by atoms with Gasteiger partial charge in [0.05, 0.1) is 5.39 Å². The standard InChI is InChI=1S/C18H12ClNO6/c19-13-4-2-1-3-10(13)9-5-6-11-12(7-9)15(18(25)26-17(11)24)16(23)20-8-14(21)22/h1-7,25H,8H2,(H,20,23)(H,21,22). The molecule has 0 aliphatic carbocycles. The second-order valence-corrected chi connectivity index (χ2v) is 5.79. The zero-order chi connectivity index (χ0) is 18.8. The Bertz CT molecular complexity index is 1090. The van der Waals surface area contributed by atoms with E-state index >= 15 is 0 Å². The van der Waals surface area contributed by atoms with Crippen LogP contribution >= 0.6 is 11.6 Å². The highest BCUT2D eigenvalue weighted by molar-refractivity contribution is 6.33. The minimum atomic E-state index is -1.25. The summed E-state index contributed by atoms with van der Waals surface area (Å²) in [4.78, 5) is 34.9. The number of carbonyl (C=O) groups is 2. The van der Waals surface area contributed by atoms with Crippen molar-refractivity contribution in [2.24, 2.45) is 0 Å². The number of nitrogens with one attached hydrogen (secondary N) is 1. The van der Waals surface area contributed by atoms with Crippen molar-refractivity contribution in [3.8, 4) is 17.1 Å². The topological polar surface area (TPSA) is 117 Å². The van der Waals surface area contributed by atoms with Gasteiger partial charge in [0.15, 0.2) is 0 Å². The monoisotopic (exact) mass is 373 g/mol. The van der Waals surface area contributed by atoms with Gasteiger partial charge in [-0.1, -0.05) is 35.9 Å². The smallest absolute Gasteiger partial charge is 0.346 e. The molecule has 0 unspecified atom stereocenters. The second kappa shape index (κ2) is 6.89. The van der Waals surface area contributed by atoms with Gasteiger partial charge >= 0.3 is 11.6 Å². The third kappa shape index (κ3) is 3.25. The van der Waals surface area contributed by atoms with Crippen LogP contribution in [0.2, 0.25) is 5.02 Å². The van der Waals surface area contributed by atoms with E-state index in [9.17, 15) is 19.5 Å². The molecule has 2 aromatic carbocycles. The Morgan fingerprint density at radius 1 is 1.12 bits per heavy atom. The Labute approximate surface area is 151 Å². The molecule has 1 amide bonds. The number of fused-ring (bicyclic) bond motifs is 1. The molecule has 132 valence electrons. The molecule has 3 aromatic rings. The van der Waals surface area contributed by atoms with Crippen molar-refractivity contribution < 1.29 is 24.2 Å². The summed E-state index contributed by atoms with van der Waals surface area (Å²) >= 11 is 6.19. The minimum Gasteiger partial charge on any atom is -0.480 e. The SMILES string of the molecule is O=C(O)CNC(=O)c1c(O)oc(=O)c2ccc(-c3ccccc3Cl)cc12. The normalized spacial score (nSPS) is 10.7. The van der Waals surface area contributed by atoms with Gasteiger partial charge in [-0.05, 0) is 23.8 Å². The maximum atomic E-state index is 12.3. The molecule has 3 rings (SSSR count). The Kier molecular flexibility index (Phi) is 4.64. The number of amides is 1. The molecular formula is C18H12ClNO6. The first-order valence-electron chi connectivity index (χ1n) is 7.43. The number of carbonyl (C=O) groups excluding carboxylic acids is 1. The lowest BCUT2D eigenvalue weighted by atomic mass is 9.99. The summed E-state index contributed by atoms with van der Waals surface area (Å²) in [6.45, 7) is -0.650. The van der Waals surface area contributed by atoms with Crippen molar-refractivity contribution in [1.82, 2.24) is 5.32 Å². The van der Waals surface area contributed by atoms with Gasteiger partial charge in [0.25, 0.3) is 11.9 Å². The maximum Gasteiger partial charge on any atom is 0.346 e. The lowest BCUT2D eigenvalue weighted by molar-refractivity contribution is -0.135. The zero-order valence-electron chi connectivity index (χ0n) is 13.2. The number of aromatic hydroxyl groups is 1. The van der Waals surface area contributed by atoms with E-state index in [1.807, 2.05) is 0 Å². The summed E-state index contributed by atoms with van der Waals surface area (Å²) in [7, 11) is 0. The first kappa shape index (κ1) is 17.5. The van der Waals surface area contributed by atoms with Gasteiger partial charge < -0.3 is 19.9 Å². The van der Waals surface area contributed by atoms with Crippen LogP contribution in [0, 0.1) is 0 Å². The molecule has 7 nitrogen and oxygen atoms in total. The van der Waals surface area contributed by atoms with Crippen LogP contribution in [0.25, 0.3) is 21.9 Å². The van der Waals surface area contributed by atoms with Crippen LogP contribution in [-0.4, -0.2) is 28.6 Å². The number of carboxylic acid groups (broad SMARTS) is 1. The zero-order valence-corrected chi connectivity index (χ0v) is 13.9. The predicted octanol–water partition coefficient (Wildman–Crippen LogP) is 2.63. The Morgan fingerprint density at radius 2 is 1.85 bits per heavy atom. The summed E-state index contributed by atoms with van der Waals surface area (Å²) in [5.74, 6) is -3.02. The first-order valence-corrected chi connectivity index (χ1v) is 7.81. The quantitative estimate of drug-likeness (QED) is 0.647. The van der Waals surface area contributed by atoms with Crippen LogP contribution in [0.1, 0.15) is 10.4 Å². The Balaban J connectivity index is 2.22. The first-order chi connectivity index (χ1) is 12.4. The van der Waals surface area contributed by atoms with E-state index in [1.54, 1.807) is 30.3 Å². The summed E-state index contributed by atoms with van der Waals surface area (Å²) in [5, 5.41) is 21.4. The van der Waals surface area contributed by atoms with Crippen LogP contribution in [-0.2, 0) is 4.79 Å². The molecule has 0 aliphatic rings. The summed E-state index contributed by atoms with van der Waals surface area (Å²) in [5.41, 5.74) is 0.133. The molecule has 1 heterocycles. The van der Waals surface area contributed by atoms with E-state index in [0.717, 1.165) is 0 Å². The van der Waals surface area contributed by atoms with E-state index in [0.29, 0.717) is 16.1 Å². The minimum absolute atomic E-state index is 0.0686. The van der Waals surface area contributed by atoms with Gasteiger partial charge in [0, 0.05) is 16.0 Å². The molecule has 1 aromatic heterocycles. The molecule has 0 fully saturated rings. The molecule has 0 saturated heterocycles. The number of rotatable bonds is 4. The van der Waals surface area contributed by atoms with E-state index in [-0.39, 0.29) is 16.3 Å². The largest absolute Gasteiger partial charge is 0.480 e. The molecule has 0 spiro atoms. The third-order valence-electron chi connectivity index (χ3n) is 3.72. The second-order valence-electron chi connectivity index (χ2n) is 5.39. The summed E-state index contributed by atoms with van der Waals surface area (Å²) in [6.07, 6.45) is 0. The maximum absolute atomic E-state index is 12.3. The molecule has 0 atom stereocenters. The molecule has 0 saturated carbocycles. The van der Waals surface area contributed by atoms with Crippen molar-refractivity contribution in [2.45, 2.75) is 0 Å². The van der Waals surface area contributed by atoms with E-state index < -0.39 is 30.0 Å². The molecule has 3 N–H and O–H groups in total. The van der Waals surface area contributed by atoms with Crippen molar-refractivity contribution in [1.29, 1.82) is 0 Å². The molecule has 0 bridgehead atoms. The van der Waals surface area contributed by atoms with Crippen molar-refractivity contribution in [3.05, 3.63) is 63.5 Å². The number of carboxylic acids is 1. The van der Waals surface area contributed by atoms with Gasteiger partial charge in [-0.2, -0.15) is 0 Å². The number of halogens is 1. The highest BCUT2D eigenvalue weighted by Gasteiger charge is 2.21. The van der Waals surface area contributed by atoms with Crippen LogP contribution in [0.3, 0.4) is 0 Å². The molecule has 0 aliphatic heterocycles. The van der Waals surface area contributed by atoms with Gasteiger partial charge in [-0.25, -0.2) is 4.79 Å². The summed E-state index contributed by atoms with van der Waals surface area (Å²) < 4.78 is 4.68. The number of aliphatic carboxylic acids is 1. The molecule has 8 heteroatoms. The van der Waals surface area contributed by atoms with Crippen LogP contribution in [0.4, 0.5) is 0 Å². The fraction of sp³-hybridized carbons (Fsp3) is 0.0556. The number of hydrogen-bond donors (Lipinski definition) is 3. The van der Waals surface area contributed by atoms with Crippen LogP contribution < -0.4 is 10.9 Å². The molecule has 0 radical (unpaired) electrons. The molecular weight excluding hydrogens is 362 g/mol. The number of benzene rings is 2. The number of hydrogen-bond acceptors (Lipinski definition) is 5. The van der Waals surface area contributed by atoms with E-state index in [4.69, 9.17) is 16.7 Å².